The van der Waals surface area contributed by atoms with Crippen molar-refractivity contribution in [2.24, 2.45) is 5.92 Å². The number of aromatic nitrogens is 1. The summed E-state index contributed by atoms with van der Waals surface area (Å²) in [5.74, 6) is 0.283. The van der Waals surface area contributed by atoms with E-state index in [1.807, 2.05) is 40.1 Å². The van der Waals surface area contributed by atoms with Crippen molar-refractivity contribution >= 4 is 23.2 Å². The lowest BCUT2D eigenvalue weighted by Crippen LogP contribution is -2.36. The maximum Gasteiger partial charge on any atom is 0.227 e. The zero-order chi connectivity index (χ0) is 16.2. The number of nitrogens with zero attached hydrogens (tertiary/aromatic N) is 2. The van der Waals surface area contributed by atoms with Gasteiger partial charge in [-0.05, 0) is 34.5 Å². The Morgan fingerprint density at radius 3 is 2.96 bits per heavy atom. The van der Waals surface area contributed by atoms with Gasteiger partial charge in [0.2, 0.25) is 11.8 Å². The van der Waals surface area contributed by atoms with Gasteiger partial charge in [-0.25, -0.2) is 0 Å². The van der Waals surface area contributed by atoms with Crippen molar-refractivity contribution in [1.29, 1.82) is 0 Å². The van der Waals surface area contributed by atoms with Crippen molar-refractivity contribution in [2.45, 2.75) is 25.9 Å². The zero-order valence-electron chi connectivity index (χ0n) is 13.2. The molecule has 1 unspecified atom stereocenters. The van der Waals surface area contributed by atoms with Gasteiger partial charge in [0.15, 0.2) is 0 Å². The largest absolute Gasteiger partial charge is 0.359 e. The fraction of sp³-hybridized carbons (Fsp3) is 0.412. The standard InChI is InChI=1S/C17H21N3O2S/c1-18-16(21)7-14-9-19-5-2-3-15(19)11-20(10-14)17(22)8-13-4-6-23-12-13/h2-6,12,14H,7-11H2,1H3,(H,18,21). The van der Waals surface area contributed by atoms with Gasteiger partial charge in [-0.3, -0.25) is 9.59 Å². The molecule has 2 aromatic heterocycles. The summed E-state index contributed by atoms with van der Waals surface area (Å²) in [5.41, 5.74) is 2.19. The van der Waals surface area contributed by atoms with Crippen molar-refractivity contribution in [3.8, 4) is 0 Å². The van der Waals surface area contributed by atoms with Crippen molar-refractivity contribution in [3.63, 3.8) is 0 Å². The molecular weight excluding hydrogens is 310 g/mol. The molecule has 0 saturated carbocycles. The second-order valence-corrected chi connectivity index (χ2v) is 6.76. The van der Waals surface area contributed by atoms with E-state index in [1.165, 1.54) is 0 Å². The van der Waals surface area contributed by atoms with E-state index in [4.69, 9.17) is 0 Å². The first-order chi connectivity index (χ1) is 11.2. The molecule has 0 aromatic carbocycles. The van der Waals surface area contributed by atoms with Gasteiger partial charge in [0, 0.05) is 44.4 Å². The number of hydrogen-bond donors (Lipinski definition) is 1. The monoisotopic (exact) mass is 331 g/mol. The Hall–Kier alpha value is -2.08. The van der Waals surface area contributed by atoms with Crippen LogP contribution in [0.2, 0.25) is 0 Å². The van der Waals surface area contributed by atoms with Crippen LogP contribution in [0.3, 0.4) is 0 Å². The Kier molecular flexibility index (Phi) is 4.81. The fourth-order valence-electron chi connectivity index (χ4n) is 3.04. The van der Waals surface area contributed by atoms with E-state index in [0.717, 1.165) is 17.8 Å². The zero-order valence-corrected chi connectivity index (χ0v) is 14.0. The van der Waals surface area contributed by atoms with Crippen LogP contribution in [-0.4, -0.2) is 34.9 Å². The minimum atomic E-state index is 0.0239. The minimum Gasteiger partial charge on any atom is -0.359 e. The quantitative estimate of drug-likeness (QED) is 0.930. The molecular formula is C17H21N3O2S. The van der Waals surface area contributed by atoms with Crippen LogP contribution in [0.1, 0.15) is 17.7 Å². The predicted octanol–water partition coefficient (Wildman–Crippen LogP) is 1.89. The highest BCUT2D eigenvalue weighted by molar-refractivity contribution is 7.08. The summed E-state index contributed by atoms with van der Waals surface area (Å²) >= 11 is 1.61. The molecule has 0 spiro atoms. The average molecular weight is 331 g/mol. The molecule has 0 aliphatic carbocycles. The molecule has 6 heteroatoms. The lowest BCUT2D eigenvalue weighted by atomic mass is 10.0. The molecule has 2 aromatic rings. The van der Waals surface area contributed by atoms with E-state index < -0.39 is 0 Å². The molecule has 0 fully saturated rings. The highest BCUT2D eigenvalue weighted by Crippen LogP contribution is 2.20. The smallest absolute Gasteiger partial charge is 0.227 e. The Balaban J connectivity index is 1.76. The first-order valence-electron chi connectivity index (χ1n) is 7.79. The molecule has 1 atom stereocenters. The topological polar surface area (TPSA) is 54.3 Å². The van der Waals surface area contributed by atoms with Crippen LogP contribution in [-0.2, 0) is 29.1 Å². The number of carbonyl (C=O) groups is 2. The van der Waals surface area contributed by atoms with Crippen LogP contribution in [0.15, 0.2) is 35.2 Å². The third-order valence-electron chi connectivity index (χ3n) is 4.25. The van der Waals surface area contributed by atoms with Gasteiger partial charge in [0.1, 0.15) is 0 Å². The molecule has 0 saturated heterocycles. The molecule has 3 heterocycles. The van der Waals surface area contributed by atoms with E-state index in [-0.39, 0.29) is 17.7 Å². The molecule has 1 aliphatic rings. The number of amides is 2. The Morgan fingerprint density at radius 2 is 2.22 bits per heavy atom. The fourth-order valence-corrected chi connectivity index (χ4v) is 3.71. The summed E-state index contributed by atoms with van der Waals surface area (Å²) in [6.45, 7) is 2.01. The first kappa shape index (κ1) is 15.8. The average Bonchev–Trinajstić information content (AvgIpc) is 3.16. The number of hydrogen-bond acceptors (Lipinski definition) is 3. The number of carbonyl (C=O) groups excluding carboxylic acids is 2. The van der Waals surface area contributed by atoms with Crippen LogP contribution >= 0.6 is 11.3 Å². The Morgan fingerprint density at radius 1 is 1.35 bits per heavy atom. The molecule has 3 rings (SSSR count). The van der Waals surface area contributed by atoms with Gasteiger partial charge < -0.3 is 14.8 Å². The normalized spacial score (nSPS) is 17.4. The summed E-state index contributed by atoms with van der Waals surface area (Å²) in [7, 11) is 1.65. The van der Waals surface area contributed by atoms with E-state index in [9.17, 15) is 9.59 Å². The highest BCUT2D eigenvalue weighted by atomic mass is 32.1. The number of thiophene rings is 1. The summed E-state index contributed by atoms with van der Waals surface area (Å²) in [4.78, 5) is 26.3. The lowest BCUT2D eigenvalue weighted by Gasteiger charge is -2.24. The van der Waals surface area contributed by atoms with Crippen LogP contribution in [0.25, 0.3) is 0 Å². The number of nitrogens with one attached hydrogen (secondary N) is 1. The summed E-state index contributed by atoms with van der Waals surface area (Å²) < 4.78 is 2.16. The maximum absolute atomic E-state index is 12.7. The van der Waals surface area contributed by atoms with Gasteiger partial charge in [-0.15, -0.1) is 0 Å². The van der Waals surface area contributed by atoms with E-state index >= 15 is 0 Å². The number of rotatable bonds is 4. The van der Waals surface area contributed by atoms with Gasteiger partial charge in [-0.1, -0.05) is 0 Å². The van der Waals surface area contributed by atoms with Gasteiger partial charge >= 0.3 is 0 Å². The number of fused-ring (bicyclic) bond motifs is 1. The molecule has 0 radical (unpaired) electrons. The first-order valence-corrected chi connectivity index (χ1v) is 8.73. The van der Waals surface area contributed by atoms with Crippen LogP contribution < -0.4 is 5.32 Å². The van der Waals surface area contributed by atoms with Crippen molar-refractivity contribution in [2.75, 3.05) is 13.6 Å². The third-order valence-corrected chi connectivity index (χ3v) is 4.98. The summed E-state index contributed by atoms with van der Waals surface area (Å²) in [6.07, 6.45) is 2.90. The maximum atomic E-state index is 12.7. The molecule has 1 aliphatic heterocycles. The lowest BCUT2D eigenvalue weighted by molar-refractivity contribution is -0.132. The SMILES string of the molecule is CNC(=O)CC1CN(C(=O)Cc2ccsc2)Cc2cccn2C1. The predicted molar refractivity (Wildman–Crippen MR) is 90.0 cm³/mol. The third kappa shape index (κ3) is 3.82. The second-order valence-electron chi connectivity index (χ2n) is 5.98. The molecule has 0 bridgehead atoms. The van der Waals surface area contributed by atoms with Crippen LogP contribution in [0.5, 0.6) is 0 Å². The van der Waals surface area contributed by atoms with Crippen molar-refractivity contribution < 1.29 is 9.59 Å². The Labute approximate surface area is 139 Å². The second kappa shape index (κ2) is 7.00. The summed E-state index contributed by atoms with van der Waals surface area (Å²) in [6, 6.07) is 6.04. The highest BCUT2D eigenvalue weighted by Gasteiger charge is 2.26. The van der Waals surface area contributed by atoms with E-state index in [1.54, 1.807) is 18.4 Å². The van der Waals surface area contributed by atoms with Crippen LogP contribution in [0, 0.1) is 5.92 Å². The van der Waals surface area contributed by atoms with Gasteiger partial charge in [0.25, 0.3) is 0 Å². The van der Waals surface area contributed by atoms with Gasteiger partial charge in [-0.2, -0.15) is 11.3 Å². The van der Waals surface area contributed by atoms with Crippen molar-refractivity contribution in [3.05, 3.63) is 46.4 Å². The molecule has 1 N–H and O–H groups in total. The van der Waals surface area contributed by atoms with Crippen LogP contribution in [0.4, 0.5) is 0 Å². The summed E-state index contributed by atoms with van der Waals surface area (Å²) in [5, 5.41) is 6.69. The molecule has 5 nitrogen and oxygen atoms in total. The minimum absolute atomic E-state index is 0.0239. The van der Waals surface area contributed by atoms with Crippen molar-refractivity contribution in [1.82, 2.24) is 14.8 Å². The Bertz CT molecular complexity index is 678. The molecule has 122 valence electrons. The van der Waals surface area contributed by atoms with Gasteiger partial charge in [0.05, 0.1) is 13.0 Å². The van der Waals surface area contributed by atoms with E-state index in [0.29, 0.717) is 25.9 Å². The molecule has 23 heavy (non-hydrogen) atoms. The molecule has 2 amide bonds. The van der Waals surface area contributed by atoms with E-state index in [2.05, 4.69) is 9.88 Å².